The van der Waals surface area contributed by atoms with Gasteiger partial charge in [-0.3, -0.25) is 0 Å². The average Bonchev–Trinajstić information content (AvgIpc) is 1.93. The Morgan fingerprint density at radius 2 is 1.93 bits per heavy atom. The van der Waals surface area contributed by atoms with Crippen LogP contribution in [0.1, 0.15) is 0 Å². The normalized spacial score (nSPS) is 13.9. The summed E-state index contributed by atoms with van der Waals surface area (Å²) in [4.78, 5) is 0. The third-order valence-corrected chi connectivity index (χ3v) is 1.86. The van der Waals surface area contributed by atoms with Crippen LogP contribution in [0.4, 0.5) is 13.2 Å². The summed E-state index contributed by atoms with van der Waals surface area (Å²) in [6.45, 7) is 0. The number of hydrogen-bond donors (Lipinski definition) is 2. The number of rotatable bonds is 4. The van der Waals surface area contributed by atoms with Gasteiger partial charge in [0.25, 0.3) is 0 Å². The summed E-state index contributed by atoms with van der Waals surface area (Å²) in [5.41, 5.74) is -1.03. The predicted molar refractivity (Wildman–Crippen MR) is 46.0 cm³/mol. The topological polar surface area (TPSA) is 58.2 Å². The summed E-state index contributed by atoms with van der Waals surface area (Å²) in [6.07, 6.45) is -3.01. The van der Waals surface area contributed by atoms with Gasteiger partial charge in [0.15, 0.2) is 9.84 Å². The lowest BCUT2D eigenvalue weighted by molar-refractivity contribution is -0.0964. The molecule has 0 saturated carbocycles. The van der Waals surface area contributed by atoms with Crippen LogP contribution in [0.25, 0.3) is 0 Å². The van der Waals surface area contributed by atoms with Gasteiger partial charge in [-0.2, -0.15) is 13.2 Å². The molecule has 0 bridgehead atoms. The lowest BCUT2D eigenvalue weighted by Gasteiger charge is -2.10. The van der Waals surface area contributed by atoms with Crippen molar-refractivity contribution in [1.82, 2.24) is 10.6 Å². The molecule has 0 aliphatic rings. The smallest absolute Gasteiger partial charge is 0.383 e. The van der Waals surface area contributed by atoms with Gasteiger partial charge in [-0.1, -0.05) is 0 Å². The molecule has 0 heterocycles. The van der Waals surface area contributed by atoms with Gasteiger partial charge in [0, 0.05) is 19.5 Å². The molecule has 2 N–H and O–H groups in total. The van der Waals surface area contributed by atoms with Gasteiger partial charge in [-0.15, -0.1) is 0 Å². The molecule has 0 aromatic rings. The van der Waals surface area contributed by atoms with Gasteiger partial charge in [0.2, 0.25) is 0 Å². The van der Waals surface area contributed by atoms with Crippen LogP contribution >= 0.6 is 0 Å². The molecule has 0 saturated heterocycles. The highest BCUT2D eigenvalue weighted by Gasteiger charge is 2.32. The molecule has 0 amide bonds. The van der Waals surface area contributed by atoms with E-state index in [2.05, 4.69) is 5.32 Å². The molecule has 0 aliphatic carbocycles. The summed E-state index contributed by atoms with van der Waals surface area (Å²) < 4.78 is 57.2. The third kappa shape index (κ3) is 5.68. The van der Waals surface area contributed by atoms with Gasteiger partial charge < -0.3 is 10.6 Å². The van der Waals surface area contributed by atoms with E-state index in [0.29, 0.717) is 6.20 Å². The molecular weight excluding hydrogens is 221 g/mol. The van der Waals surface area contributed by atoms with Crippen LogP contribution in [0.3, 0.4) is 0 Å². The summed E-state index contributed by atoms with van der Waals surface area (Å²) in [6, 6.07) is 0. The maximum Gasteiger partial charge on any atom is 0.432 e. The van der Waals surface area contributed by atoms with Crippen molar-refractivity contribution in [3.63, 3.8) is 0 Å². The zero-order chi connectivity index (χ0) is 11.4. The lowest BCUT2D eigenvalue weighted by atomic mass is 10.4. The van der Waals surface area contributed by atoms with Crippen molar-refractivity contribution in [2.45, 2.75) is 6.18 Å². The Balaban J connectivity index is 4.36. The van der Waals surface area contributed by atoms with Crippen LogP contribution in [0.2, 0.25) is 0 Å². The van der Waals surface area contributed by atoms with E-state index in [1.165, 1.54) is 0 Å². The summed E-state index contributed by atoms with van der Waals surface area (Å²) in [5.74, 6) is -0.533. The van der Waals surface area contributed by atoms with Crippen LogP contribution in [-0.4, -0.2) is 33.8 Å². The van der Waals surface area contributed by atoms with Crippen molar-refractivity contribution in [2.75, 3.05) is 19.2 Å². The van der Waals surface area contributed by atoms with E-state index >= 15 is 0 Å². The molecule has 0 aliphatic heterocycles. The van der Waals surface area contributed by atoms with Crippen LogP contribution < -0.4 is 10.6 Å². The first-order valence-electron chi connectivity index (χ1n) is 3.53. The highest BCUT2D eigenvalue weighted by molar-refractivity contribution is 7.90. The first-order chi connectivity index (χ1) is 6.17. The lowest BCUT2D eigenvalue weighted by Crippen LogP contribution is -2.27. The Kier molecular flexibility index (Phi) is 4.24. The third-order valence-electron chi connectivity index (χ3n) is 1.17. The predicted octanol–water partition coefficient (Wildman–Crippen LogP) is 0.201. The monoisotopic (exact) mass is 232 g/mol. The Morgan fingerprint density at radius 1 is 1.43 bits per heavy atom. The van der Waals surface area contributed by atoms with E-state index in [1.807, 2.05) is 5.32 Å². The van der Waals surface area contributed by atoms with Crippen LogP contribution in [0, 0.1) is 0 Å². The molecule has 0 aromatic heterocycles. The number of hydrogen-bond acceptors (Lipinski definition) is 4. The second-order valence-corrected chi connectivity index (χ2v) is 4.72. The maximum atomic E-state index is 12.0. The zero-order valence-corrected chi connectivity index (χ0v) is 8.46. The van der Waals surface area contributed by atoms with Crippen LogP contribution in [0.15, 0.2) is 11.9 Å². The number of allylic oxidation sites excluding steroid dienone is 1. The van der Waals surface area contributed by atoms with Gasteiger partial charge in [0.05, 0.1) is 0 Å². The van der Waals surface area contributed by atoms with Crippen LogP contribution in [-0.2, 0) is 9.84 Å². The number of sulfone groups is 1. The van der Waals surface area contributed by atoms with Crippen LogP contribution in [0.5, 0.6) is 0 Å². The Hall–Kier alpha value is -0.920. The minimum Gasteiger partial charge on any atom is -0.383 e. The van der Waals surface area contributed by atoms with E-state index < -0.39 is 27.6 Å². The first kappa shape index (κ1) is 13.1. The molecule has 0 unspecified atom stereocenters. The highest BCUT2D eigenvalue weighted by atomic mass is 32.2. The molecule has 14 heavy (non-hydrogen) atoms. The number of halogens is 3. The quantitative estimate of drug-likeness (QED) is 0.727. The fourth-order valence-electron chi connectivity index (χ4n) is 0.591. The van der Waals surface area contributed by atoms with Gasteiger partial charge >= 0.3 is 6.18 Å². The molecule has 0 radical (unpaired) electrons. The molecule has 0 spiro atoms. The minimum atomic E-state index is -4.51. The van der Waals surface area contributed by atoms with Crippen molar-refractivity contribution in [2.24, 2.45) is 0 Å². The summed E-state index contributed by atoms with van der Waals surface area (Å²) in [7, 11) is -2.23. The Labute approximate surface area is 80.1 Å². The van der Waals surface area contributed by atoms with Gasteiger partial charge in [-0.25, -0.2) is 8.42 Å². The maximum absolute atomic E-state index is 12.0. The van der Waals surface area contributed by atoms with E-state index in [1.54, 1.807) is 0 Å². The van der Waals surface area contributed by atoms with E-state index in [-0.39, 0.29) is 0 Å². The standard InChI is InChI=1S/C6H11F3N2O2S/c1-10-5(6(7,8)9)3-11-4-14(2,12)13/h3,10-11H,4H2,1-2H3/b5-3-. The minimum absolute atomic E-state index is 0.533. The molecule has 8 heteroatoms. The van der Waals surface area contributed by atoms with Crippen molar-refractivity contribution in [3.05, 3.63) is 11.9 Å². The Bertz CT molecular complexity index is 308. The Morgan fingerprint density at radius 3 is 2.21 bits per heavy atom. The van der Waals surface area contributed by atoms with Gasteiger partial charge in [0.1, 0.15) is 11.6 Å². The zero-order valence-electron chi connectivity index (χ0n) is 7.64. The van der Waals surface area contributed by atoms with E-state index in [9.17, 15) is 21.6 Å². The fourth-order valence-corrected chi connectivity index (χ4v) is 0.977. The molecule has 0 aromatic carbocycles. The first-order valence-corrected chi connectivity index (χ1v) is 5.59. The number of nitrogens with one attached hydrogen (secondary N) is 2. The second kappa shape index (κ2) is 4.54. The highest BCUT2D eigenvalue weighted by Crippen LogP contribution is 2.22. The molecule has 0 atom stereocenters. The number of alkyl halides is 3. The van der Waals surface area contributed by atoms with Crippen molar-refractivity contribution >= 4 is 9.84 Å². The van der Waals surface area contributed by atoms with E-state index in [0.717, 1.165) is 13.3 Å². The second-order valence-electron chi connectivity index (χ2n) is 2.58. The van der Waals surface area contributed by atoms with E-state index in [4.69, 9.17) is 0 Å². The van der Waals surface area contributed by atoms with Crippen molar-refractivity contribution < 1.29 is 21.6 Å². The summed E-state index contributed by atoms with van der Waals surface area (Å²) in [5, 5.41) is 3.96. The molecular formula is C6H11F3N2O2S. The molecule has 4 nitrogen and oxygen atoms in total. The average molecular weight is 232 g/mol. The SMILES string of the molecule is CN/C(=C\NCS(C)(=O)=O)C(F)(F)F. The van der Waals surface area contributed by atoms with Gasteiger partial charge in [-0.05, 0) is 0 Å². The van der Waals surface area contributed by atoms with Crippen molar-refractivity contribution in [3.8, 4) is 0 Å². The summed E-state index contributed by atoms with van der Waals surface area (Å²) >= 11 is 0. The fraction of sp³-hybridized carbons (Fsp3) is 0.667. The van der Waals surface area contributed by atoms with Crippen molar-refractivity contribution in [1.29, 1.82) is 0 Å². The largest absolute Gasteiger partial charge is 0.432 e. The molecule has 0 rings (SSSR count). The molecule has 84 valence electrons. The molecule has 0 fully saturated rings.